The number of furan rings is 1. The van der Waals surface area contributed by atoms with Gasteiger partial charge in [0.25, 0.3) is 0 Å². The number of aryl methyl sites for hydroxylation is 1. The Morgan fingerprint density at radius 2 is 2.39 bits per heavy atom. The summed E-state index contributed by atoms with van der Waals surface area (Å²) in [4.78, 5) is 13.1. The van der Waals surface area contributed by atoms with Gasteiger partial charge in [-0.25, -0.2) is 4.79 Å². The lowest BCUT2D eigenvalue weighted by Gasteiger charge is -2.21. The fraction of sp³-hybridized carbons (Fsp3) is 0.615. The number of carboxylic acid groups (broad SMARTS) is 1. The van der Waals surface area contributed by atoms with Gasteiger partial charge in [-0.2, -0.15) is 0 Å². The van der Waals surface area contributed by atoms with Crippen LogP contribution in [0.15, 0.2) is 10.5 Å². The highest BCUT2D eigenvalue weighted by Gasteiger charge is 2.19. The number of carboxylic acids is 1. The van der Waals surface area contributed by atoms with Crippen molar-refractivity contribution in [3.05, 3.63) is 23.2 Å². The van der Waals surface area contributed by atoms with E-state index in [1.54, 1.807) is 13.0 Å². The van der Waals surface area contributed by atoms with Crippen molar-refractivity contribution in [2.75, 3.05) is 19.7 Å². The minimum Gasteiger partial charge on any atom is -0.475 e. The lowest BCUT2D eigenvalue weighted by molar-refractivity contribution is 0.0659. The zero-order valence-electron chi connectivity index (χ0n) is 10.8. The number of ether oxygens (including phenoxy) is 1. The Bertz CT molecular complexity index is 427. The highest BCUT2D eigenvalue weighted by molar-refractivity contribution is 5.84. The normalized spacial score (nSPS) is 21.8. The molecule has 0 amide bonds. The summed E-state index contributed by atoms with van der Waals surface area (Å²) in [5.74, 6) is -0.316. The molecule has 1 fully saturated rings. The average Bonchev–Trinajstić information content (AvgIpc) is 2.54. The summed E-state index contributed by atoms with van der Waals surface area (Å²) >= 11 is 0. The van der Waals surface area contributed by atoms with Crippen molar-refractivity contribution in [3.8, 4) is 0 Å². The maximum Gasteiger partial charge on any atom is 0.371 e. The molecule has 1 aliphatic rings. The van der Waals surface area contributed by atoms with Crippen molar-refractivity contribution in [1.82, 2.24) is 4.90 Å². The quantitative estimate of drug-likeness (QED) is 0.891. The maximum absolute atomic E-state index is 10.8. The number of hydrogen-bond donors (Lipinski definition) is 1. The van der Waals surface area contributed by atoms with E-state index in [4.69, 9.17) is 14.3 Å². The van der Waals surface area contributed by atoms with Crippen LogP contribution < -0.4 is 0 Å². The Balaban J connectivity index is 2.05. The second kappa shape index (κ2) is 5.54. The first-order chi connectivity index (χ1) is 8.56. The second-order valence-electron chi connectivity index (χ2n) is 4.77. The van der Waals surface area contributed by atoms with E-state index in [9.17, 15) is 4.79 Å². The summed E-state index contributed by atoms with van der Waals surface area (Å²) in [6.07, 6.45) is 1.23. The summed E-state index contributed by atoms with van der Waals surface area (Å²) in [5.41, 5.74) is 0.946. The van der Waals surface area contributed by atoms with Crippen molar-refractivity contribution in [2.24, 2.45) is 0 Å². The topological polar surface area (TPSA) is 62.9 Å². The Hall–Kier alpha value is -1.33. The number of nitrogens with zero attached hydrogens (tertiary/aromatic N) is 1. The van der Waals surface area contributed by atoms with Gasteiger partial charge in [0, 0.05) is 31.8 Å². The standard InChI is InChI=1S/C13H19NO4/c1-9-7-14(4-3-5-17-9)8-11-6-12(13(15)16)18-10(11)2/h6,9H,3-5,7-8H2,1-2H3,(H,15,16). The van der Waals surface area contributed by atoms with Crippen LogP contribution in [0.2, 0.25) is 0 Å². The fourth-order valence-electron chi connectivity index (χ4n) is 2.25. The molecule has 1 aromatic heterocycles. The van der Waals surface area contributed by atoms with Crippen molar-refractivity contribution in [2.45, 2.75) is 32.9 Å². The van der Waals surface area contributed by atoms with E-state index in [1.807, 2.05) is 0 Å². The van der Waals surface area contributed by atoms with Gasteiger partial charge in [0.1, 0.15) is 5.76 Å². The molecule has 1 aromatic rings. The molecule has 0 spiro atoms. The van der Waals surface area contributed by atoms with E-state index in [0.29, 0.717) is 5.76 Å². The minimum atomic E-state index is -1.02. The summed E-state index contributed by atoms with van der Waals surface area (Å²) < 4.78 is 10.8. The molecule has 1 atom stereocenters. The molecule has 2 heterocycles. The first-order valence-electron chi connectivity index (χ1n) is 6.23. The molecule has 0 radical (unpaired) electrons. The SMILES string of the molecule is Cc1oc(C(=O)O)cc1CN1CCCOC(C)C1. The van der Waals surface area contributed by atoms with E-state index in [0.717, 1.165) is 38.2 Å². The first-order valence-corrected chi connectivity index (χ1v) is 6.23. The van der Waals surface area contributed by atoms with Gasteiger partial charge < -0.3 is 14.3 Å². The van der Waals surface area contributed by atoms with E-state index in [2.05, 4.69) is 11.8 Å². The average molecular weight is 253 g/mol. The van der Waals surface area contributed by atoms with Crippen LogP contribution in [-0.4, -0.2) is 41.8 Å². The minimum absolute atomic E-state index is 0.0154. The zero-order valence-corrected chi connectivity index (χ0v) is 10.8. The molecule has 1 N–H and O–H groups in total. The summed E-state index contributed by atoms with van der Waals surface area (Å²) in [6, 6.07) is 1.62. The molecule has 1 aliphatic heterocycles. The molecule has 1 unspecified atom stereocenters. The van der Waals surface area contributed by atoms with Gasteiger partial charge in [-0.05, 0) is 26.3 Å². The van der Waals surface area contributed by atoms with Crippen LogP contribution in [0.5, 0.6) is 0 Å². The van der Waals surface area contributed by atoms with Crippen LogP contribution in [0.25, 0.3) is 0 Å². The zero-order chi connectivity index (χ0) is 13.1. The van der Waals surface area contributed by atoms with E-state index in [1.165, 1.54) is 0 Å². The number of aromatic carboxylic acids is 1. The van der Waals surface area contributed by atoms with Gasteiger partial charge in [-0.15, -0.1) is 0 Å². The largest absolute Gasteiger partial charge is 0.475 e. The predicted molar refractivity (Wildman–Crippen MR) is 65.7 cm³/mol. The Labute approximate surface area is 106 Å². The van der Waals surface area contributed by atoms with Gasteiger partial charge in [0.2, 0.25) is 5.76 Å². The van der Waals surface area contributed by atoms with Crippen LogP contribution in [-0.2, 0) is 11.3 Å². The summed E-state index contributed by atoms with van der Waals surface area (Å²) in [5, 5.41) is 8.89. The van der Waals surface area contributed by atoms with Crippen molar-refractivity contribution in [3.63, 3.8) is 0 Å². The van der Waals surface area contributed by atoms with Crippen LogP contribution >= 0.6 is 0 Å². The predicted octanol–water partition coefficient (Wildman–Crippen LogP) is 1.90. The Kier molecular flexibility index (Phi) is 4.04. The van der Waals surface area contributed by atoms with Crippen molar-refractivity contribution < 1.29 is 19.1 Å². The molecular formula is C13H19NO4. The molecule has 100 valence electrons. The van der Waals surface area contributed by atoms with Crippen LogP contribution in [0, 0.1) is 6.92 Å². The van der Waals surface area contributed by atoms with Gasteiger partial charge in [-0.1, -0.05) is 0 Å². The second-order valence-corrected chi connectivity index (χ2v) is 4.77. The van der Waals surface area contributed by atoms with Gasteiger partial charge >= 0.3 is 5.97 Å². The highest BCUT2D eigenvalue weighted by atomic mass is 16.5. The van der Waals surface area contributed by atoms with E-state index in [-0.39, 0.29) is 11.9 Å². The lowest BCUT2D eigenvalue weighted by atomic mass is 10.2. The highest BCUT2D eigenvalue weighted by Crippen LogP contribution is 2.18. The van der Waals surface area contributed by atoms with E-state index < -0.39 is 5.97 Å². The molecule has 0 aliphatic carbocycles. The number of rotatable bonds is 3. The number of hydrogen-bond acceptors (Lipinski definition) is 4. The summed E-state index contributed by atoms with van der Waals surface area (Å²) in [6.45, 7) is 7.21. The molecule has 0 aromatic carbocycles. The van der Waals surface area contributed by atoms with E-state index >= 15 is 0 Å². The third kappa shape index (κ3) is 3.11. The molecule has 1 saturated heterocycles. The van der Waals surface area contributed by atoms with Crippen LogP contribution in [0.4, 0.5) is 0 Å². The lowest BCUT2D eigenvalue weighted by Crippen LogP contribution is -2.29. The molecule has 18 heavy (non-hydrogen) atoms. The van der Waals surface area contributed by atoms with Crippen molar-refractivity contribution >= 4 is 5.97 Å². The van der Waals surface area contributed by atoms with Gasteiger partial charge in [0.15, 0.2) is 0 Å². The van der Waals surface area contributed by atoms with Gasteiger partial charge in [0.05, 0.1) is 6.10 Å². The van der Waals surface area contributed by atoms with Gasteiger partial charge in [-0.3, -0.25) is 4.90 Å². The molecule has 5 nitrogen and oxygen atoms in total. The third-order valence-corrected chi connectivity index (χ3v) is 3.16. The van der Waals surface area contributed by atoms with Crippen LogP contribution in [0.3, 0.4) is 0 Å². The fourth-order valence-corrected chi connectivity index (χ4v) is 2.25. The molecule has 5 heteroatoms. The molecule has 0 saturated carbocycles. The summed E-state index contributed by atoms with van der Waals surface area (Å²) in [7, 11) is 0. The third-order valence-electron chi connectivity index (χ3n) is 3.16. The smallest absolute Gasteiger partial charge is 0.371 e. The molecule has 2 rings (SSSR count). The Morgan fingerprint density at radius 3 is 3.06 bits per heavy atom. The van der Waals surface area contributed by atoms with Crippen LogP contribution in [0.1, 0.15) is 35.2 Å². The maximum atomic E-state index is 10.8. The van der Waals surface area contributed by atoms with Crippen molar-refractivity contribution in [1.29, 1.82) is 0 Å². The Morgan fingerprint density at radius 1 is 1.61 bits per heavy atom. The number of carbonyl (C=O) groups is 1. The first kappa shape index (κ1) is 13.1. The molecular weight excluding hydrogens is 234 g/mol. The molecule has 0 bridgehead atoms. The monoisotopic (exact) mass is 253 g/mol.